The van der Waals surface area contributed by atoms with Gasteiger partial charge in [0.25, 0.3) is 5.69 Å². The van der Waals surface area contributed by atoms with Crippen molar-refractivity contribution in [2.45, 2.75) is 13.5 Å². The first-order chi connectivity index (χ1) is 13.3. The van der Waals surface area contributed by atoms with E-state index in [1.165, 1.54) is 6.20 Å². The summed E-state index contributed by atoms with van der Waals surface area (Å²) in [6.45, 7) is 1.88. The molecule has 0 bridgehead atoms. The van der Waals surface area contributed by atoms with Gasteiger partial charge in [-0.3, -0.25) is 10.1 Å². The second-order valence-corrected chi connectivity index (χ2v) is 5.86. The van der Waals surface area contributed by atoms with Gasteiger partial charge in [0, 0.05) is 12.1 Å². The van der Waals surface area contributed by atoms with E-state index in [-0.39, 0.29) is 12.2 Å². The van der Waals surface area contributed by atoms with E-state index in [1.807, 2.05) is 0 Å². The molecule has 0 fully saturated rings. The molecule has 0 spiro atoms. The van der Waals surface area contributed by atoms with Gasteiger partial charge < -0.3 is 10.4 Å². The van der Waals surface area contributed by atoms with E-state index in [9.17, 15) is 23.7 Å². The number of nitro groups is 1. The minimum atomic E-state index is -1.17. The highest BCUT2D eigenvalue weighted by molar-refractivity contribution is 5.65. The van der Waals surface area contributed by atoms with E-state index in [0.717, 1.165) is 10.2 Å². The van der Waals surface area contributed by atoms with Crippen LogP contribution in [0, 0.1) is 28.7 Å². The largest absolute Gasteiger partial charge is 0.465 e. The highest BCUT2D eigenvalue weighted by Gasteiger charge is 2.20. The molecule has 0 aliphatic rings. The number of amides is 1. The number of hydrogen-bond donors (Lipinski definition) is 2. The van der Waals surface area contributed by atoms with Crippen LogP contribution in [0.3, 0.4) is 0 Å². The van der Waals surface area contributed by atoms with Gasteiger partial charge in [-0.15, -0.1) is 5.10 Å². The van der Waals surface area contributed by atoms with Gasteiger partial charge in [-0.2, -0.15) is 0 Å². The molecular formula is C17H13F2N5O4. The highest BCUT2D eigenvalue weighted by Crippen LogP contribution is 2.26. The Morgan fingerprint density at radius 2 is 1.96 bits per heavy atom. The van der Waals surface area contributed by atoms with Crippen LogP contribution in [-0.4, -0.2) is 31.1 Å². The van der Waals surface area contributed by atoms with E-state index in [1.54, 1.807) is 25.1 Å². The monoisotopic (exact) mass is 389 g/mol. The summed E-state index contributed by atoms with van der Waals surface area (Å²) in [5.74, 6) is -2.31. The molecule has 0 radical (unpaired) electrons. The maximum Gasteiger partial charge on any atom is 0.404 e. The van der Waals surface area contributed by atoms with Crippen LogP contribution in [0.25, 0.3) is 16.9 Å². The third-order valence-electron chi connectivity index (χ3n) is 4.01. The van der Waals surface area contributed by atoms with Crippen LogP contribution < -0.4 is 5.32 Å². The lowest BCUT2D eigenvalue weighted by Gasteiger charge is -2.07. The molecule has 1 heterocycles. The molecule has 144 valence electrons. The topological polar surface area (TPSA) is 123 Å². The zero-order valence-corrected chi connectivity index (χ0v) is 14.4. The number of hydrogen-bond acceptors (Lipinski definition) is 5. The lowest BCUT2D eigenvalue weighted by Crippen LogP contribution is -2.20. The predicted molar refractivity (Wildman–Crippen MR) is 93.0 cm³/mol. The molecule has 3 aromatic rings. The van der Waals surface area contributed by atoms with Crippen molar-refractivity contribution in [1.29, 1.82) is 0 Å². The summed E-state index contributed by atoms with van der Waals surface area (Å²) in [5.41, 5.74) is 1.08. The molecule has 9 nitrogen and oxygen atoms in total. The lowest BCUT2D eigenvalue weighted by atomic mass is 10.0. The van der Waals surface area contributed by atoms with Crippen LogP contribution in [0.5, 0.6) is 0 Å². The summed E-state index contributed by atoms with van der Waals surface area (Å²) in [5, 5.41) is 29.3. The summed E-state index contributed by atoms with van der Waals surface area (Å²) >= 11 is 0. The molecular weight excluding hydrogens is 376 g/mol. The van der Waals surface area contributed by atoms with Gasteiger partial charge >= 0.3 is 6.09 Å². The van der Waals surface area contributed by atoms with Crippen LogP contribution in [-0.2, 0) is 6.54 Å². The first-order valence-electron chi connectivity index (χ1n) is 7.89. The number of aromatic nitrogens is 3. The molecule has 0 saturated heterocycles. The molecule has 2 aromatic carbocycles. The fraction of sp³-hybridized carbons (Fsp3) is 0.118. The molecule has 0 aliphatic carbocycles. The Bertz CT molecular complexity index is 1060. The molecule has 0 aliphatic heterocycles. The van der Waals surface area contributed by atoms with E-state index in [2.05, 4.69) is 15.6 Å². The zero-order chi connectivity index (χ0) is 20.4. The van der Waals surface area contributed by atoms with E-state index < -0.39 is 34.0 Å². The Labute approximate surface area is 156 Å². The number of rotatable bonds is 5. The molecule has 2 N–H and O–H groups in total. The van der Waals surface area contributed by atoms with Crippen molar-refractivity contribution in [3.63, 3.8) is 0 Å². The Morgan fingerprint density at radius 1 is 1.29 bits per heavy atom. The van der Waals surface area contributed by atoms with Crippen molar-refractivity contribution < 1.29 is 23.6 Å². The van der Waals surface area contributed by atoms with Crippen LogP contribution in [0.4, 0.5) is 19.3 Å². The molecule has 0 atom stereocenters. The maximum atomic E-state index is 14.2. The minimum Gasteiger partial charge on any atom is -0.465 e. The number of non-ortho nitro benzene ring substituents is 1. The fourth-order valence-corrected chi connectivity index (χ4v) is 2.57. The smallest absolute Gasteiger partial charge is 0.404 e. The molecule has 11 heteroatoms. The van der Waals surface area contributed by atoms with Gasteiger partial charge in [-0.25, -0.2) is 18.3 Å². The fourth-order valence-electron chi connectivity index (χ4n) is 2.57. The molecule has 1 amide bonds. The Morgan fingerprint density at radius 3 is 2.57 bits per heavy atom. The van der Waals surface area contributed by atoms with Crippen molar-refractivity contribution in [1.82, 2.24) is 20.3 Å². The zero-order valence-electron chi connectivity index (χ0n) is 14.4. The average molecular weight is 389 g/mol. The highest BCUT2D eigenvalue weighted by atomic mass is 19.1. The quantitative estimate of drug-likeness (QED) is 0.510. The minimum absolute atomic E-state index is 0.0781. The van der Waals surface area contributed by atoms with E-state index >= 15 is 0 Å². The van der Waals surface area contributed by atoms with Gasteiger partial charge in [0.15, 0.2) is 11.6 Å². The van der Waals surface area contributed by atoms with Crippen molar-refractivity contribution in [2.24, 2.45) is 0 Å². The number of carboxylic acid groups (broad SMARTS) is 1. The van der Waals surface area contributed by atoms with Crippen molar-refractivity contribution in [2.75, 3.05) is 0 Å². The van der Waals surface area contributed by atoms with Gasteiger partial charge in [0.1, 0.15) is 11.4 Å². The first-order valence-corrected chi connectivity index (χ1v) is 7.89. The normalized spacial score (nSPS) is 10.7. The molecule has 28 heavy (non-hydrogen) atoms. The van der Waals surface area contributed by atoms with Crippen molar-refractivity contribution >= 4 is 11.8 Å². The van der Waals surface area contributed by atoms with Crippen molar-refractivity contribution in [3.05, 3.63) is 69.4 Å². The second-order valence-electron chi connectivity index (χ2n) is 5.86. The third-order valence-corrected chi connectivity index (χ3v) is 4.01. The number of nitrogens with zero attached hydrogens (tertiary/aromatic N) is 4. The van der Waals surface area contributed by atoms with Crippen LogP contribution >= 0.6 is 0 Å². The molecule has 1 aromatic heterocycles. The lowest BCUT2D eigenvalue weighted by molar-refractivity contribution is -0.385. The van der Waals surface area contributed by atoms with E-state index in [4.69, 9.17) is 5.11 Å². The number of nitrogens with one attached hydrogen (secondary N) is 1. The first kappa shape index (κ1) is 18.9. The molecule has 0 unspecified atom stereocenters. The van der Waals surface area contributed by atoms with Gasteiger partial charge in [-0.05, 0) is 24.1 Å². The van der Waals surface area contributed by atoms with Gasteiger partial charge in [-0.1, -0.05) is 17.3 Å². The summed E-state index contributed by atoms with van der Waals surface area (Å²) < 4.78 is 29.2. The summed E-state index contributed by atoms with van der Waals surface area (Å²) in [7, 11) is 0. The third kappa shape index (κ3) is 3.77. The SMILES string of the molecule is Cc1ccc(-c2cn(-c3c(F)cc([N+](=O)[O-])cc3F)nn2)cc1CNC(=O)O. The summed E-state index contributed by atoms with van der Waals surface area (Å²) in [6, 6.07) is 6.33. The van der Waals surface area contributed by atoms with Crippen LogP contribution in [0.2, 0.25) is 0 Å². The Balaban J connectivity index is 1.96. The number of halogens is 2. The van der Waals surface area contributed by atoms with Gasteiger partial charge in [0.05, 0.1) is 23.3 Å². The van der Waals surface area contributed by atoms with Crippen LogP contribution in [0.1, 0.15) is 11.1 Å². The average Bonchev–Trinajstić information content (AvgIpc) is 3.09. The van der Waals surface area contributed by atoms with Crippen molar-refractivity contribution in [3.8, 4) is 16.9 Å². The number of nitro benzene ring substituents is 1. The number of carbonyl (C=O) groups is 1. The molecule has 0 saturated carbocycles. The second kappa shape index (κ2) is 7.39. The standard InChI is InChI=1S/C17H13F2N5O4/c1-9-2-3-10(4-11(9)7-20-17(25)26)15-8-23(22-21-15)16-13(18)5-12(24(27)28)6-14(16)19/h2-6,8,20H,7H2,1H3,(H,25,26). The summed E-state index contributed by atoms with van der Waals surface area (Å²) in [6.07, 6.45) is 0.103. The summed E-state index contributed by atoms with van der Waals surface area (Å²) in [4.78, 5) is 20.5. The number of aryl methyl sites for hydroxylation is 1. The number of benzene rings is 2. The van der Waals surface area contributed by atoms with Gasteiger partial charge in [0.2, 0.25) is 0 Å². The van der Waals surface area contributed by atoms with E-state index in [0.29, 0.717) is 23.3 Å². The Kier molecular flexibility index (Phi) is 4.98. The Hall–Kier alpha value is -3.89. The molecule has 3 rings (SSSR count). The predicted octanol–water partition coefficient (Wildman–Crippen LogP) is 3.20. The maximum absolute atomic E-state index is 14.2. The van der Waals surface area contributed by atoms with Crippen LogP contribution in [0.15, 0.2) is 36.5 Å².